The van der Waals surface area contributed by atoms with Crippen molar-refractivity contribution in [3.8, 4) is 0 Å². The largest absolute Gasteiger partial charge is 0.306 e. The van der Waals surface area contributed by atoms with Gasteiger partial charge in [-0.2, -0.15) is 10.6 Å². The lowest BCUT2D eigenvalue weighted by molar-refractivity contribution is 0.0516. The van der Waals surface area contributed by atoms with Gasteiger partial charge in [-0.15, -0.1) is 0 Å². The summed E-state index contributed by atoms with van der Waals surface area (Å²) < 4.78 is 13.6. The molecule has 1 aliphatic heterocycles. The molecule has 1 heterocycles. The van der Waals surface area contributed by atoms with Gasteiger partial charge in [-0.05, 0) is 91.3 Å². The highest BCUT2D eigenvalue weighted by molar-refractivity contribution is 8.25. The molecule has 3 nitrogen and oxygen atoms in total. The van der Waals surface area contributed by atoms with E-state index < -0.39 is 10.6 Å². The Kier molecular flexibility index (Phi) is 25.8. The van der Waals surface area contributed by atoms with Gasteiger partial charge < -0.3 is 4.90 Å². The van der Waals surface area contributed by atoms with Crippen LogP contribution in [0.4, 0.5) is 0 Å². The fourth-order valence-corrected chi connectivity index (χ4v) is 7.22. The third kappa shape index (κ3) is 20.3. The lowest BCUT2D eigenvalue weighted by atomic mass is 10.0. The zero-order chi connectivity index (χ0) is 27.6. The quantitative estimate of drug-likeness (QED) is 0.106. The molecule has 1 aliphatic rings. The van der Waals surface area contributed by atoms with E-state index in [0.717, 1.165) is 50.0 Å². The molecule has 0 aromatic heterocycles. The van der Waals surface area contributed by atoms with Gasteiger partial charge in [0.15, 0.2) is 0 Å². The molecule has 1 rings (SSSR count). The molecule has 0 aromatic carbocycles. The number of nitrogens with zero attached hydrogens (tertiary/aromatic N) is 1. The van der Waals surface area contributed by atoms with Crippen LogP contribution in [0, 0.1) is 0 Å². The summed E-state index contributed by atoms with van der Waals surface area (Å²) in [4.78, 5) is 2.48. The van der Waals surface area contributed by atoms with Gasteiger partial charge in [-0.3, -0.25) is 8.37 Å². The number of hydrogen-bond donors (Lipinski definition) is 0. The van der Waals surface area contributed by atoms with Crippen LogP contribution >= 0.6 is 10.6 Å². The minimum atomic E-state index is -1.41. The van der Waals surface area contributed by atoms with Crippen LogP contribution in [0.1, 0.15) is 144 Å². The summed E-state index contributed by atoms with van der Waals surface area (Å²) in [6, 6.07) is 0. The molecule has 222 valence electrons. The minimum absolute atomic E-state index is 0.362. The molecule has 0 bridgehead atoms. The van der Waals surface area contributed by atoms with E-state index in [1.807, 2.05) is 0 Å². The van der Waals surface area contributed by atoms with Crippen molar-refractivity contribution in [3.05, 3.63) is 24.3 Å². The number of unbranched alkanes of at least 4 members (excludes halogenated alkanes) is 6. The van der Waals surface area contributed by atoms with Gasteiger partial charge in [-0.1, -0.05) is 91.0 Å². The highest BCUT2D eigenvalue weighted by Gasteiger charge is 2.34. The summed E-state index contributed by atoms with van der Waals surface area (Å²) in [5.74, 6) is 2.14. The fourth-order valence-electron chi connectivity index (χ4n) is 4.44. The van der Waals surface area contributed by atoms with Crippen LogP contribution < -0.4 is 0 Å². The van der Waals surface area contributed by atoms with Crippen molar-refractivity contribution < 1.29 is 8.37 Å². The van der Waals surface area contributed by atoms with Crippen molar-refractivity contribution in [3.63, 3.8) is 0 Å². The number of hydrogen-bond acceptors (Lipinski definition) is 3. The van der Waals surface area contributed by atoms with Crippen molar-refractivity contribution in [2.24, 2.45) is 0 Å². The Morgan fingerprint density at radius 1 is 0.649 bits per heavy atom. The summed E-state index contributed by atoms with van der Waals surface area (Å²) in [5, 5.41) is 0. The lowest BCUT2D eigenvalue weighted by Gasteiger charge is -2.51. The van der Waals surface area contributed by atoms with Crippen molar-refractivity contribution in [2.45, 2.75) is 156 Å². The molecule has 0 N–H and O–H groups in total. The SMILES string of the molecule is CC/C=C\CCC1CC(CC/C=C\CCCCC)OS(CC)(CCCCN(C)CCCC)O1.CCCC. The molecule has 1 saturated heterocycles. The molecule has 0 saturated carbocycles. The molecule has 37 heavy (non-hydrogen) atoms. The lowest BCUT2D eigenvalue weighted by Crippen LogP contribution is -2.35. The molecule has 3 atom stereocenters. The van der Waals surface area contributed by atoms with E-state index in [1.54, 1.807) is 0 Å². The molecular weight excluding hydrogens is 474 g/mol. The topological polar surface area (TPSA) is 21.7 Å². The van der Waals surface area contributed by atoms with Crippen molar-refractivity contribution in [1.29, 1.82) is 0 Å². The summed E-state index contributed by atoms with van der Waals surface area (Å²) in [7, 11) is 0.848. The standard InChI is InChI=1S/C29H57NO2S.C4H10/c1-6-10-13-15-16-17-19-23-29-27-28(22-18-14-11-7-2)31-33(9-4,32-29)26-21-20-25-30(5)24-12-8-3;1-3-4-2/h11,14,16-17,28-29H,6-10,12-13,15,18-27H2,1-5H3;3-4H2,1-2H3/b14-11-,17-16-;. The second kappa shape index (κ2) is 26.0. The third-order valence-electron chi connectivity index (χ3n) is 7.08. The Hall–Kier alpha value is -0.290. The van der Waals surface area contributed by atoms with Crippen LogP contribution in [0.3, 0.4) is 0 Å². The van der Waals surface area contributed by atoms with Crippen LogP contribution in [0.25, 0.3) is 0 Å². The Bertz CT molecular complexity index is 536. The smallest absolute Gasteiger partial charge is 0.0850 e. The van der Waals surface area contributed by atoms with Crippen LogP contribution in [0.15, 0.2) is 24.3 Å². The molecular formula is C33H67NO2S. The van der Waals surface area contributed by atoms with Gasteiger partial charge in [0.05, 0.1) is 12.2 Å². The van der Waals surface area contributed by atoms with E-state index in [2.05, 4.69) is 77.8 Å². The van der Waals surface area contributed by atoms with E-state index in [1.165, 1.54) is 77.3 Å². The highest BCUT2D eigenvalue weighted by atomic mass is 32.3. The Morgan fingerprint density at radius 2 is 1.22 bits per heavy atom. The predicted molar refractivity (Wildman–Crippen MR) is 171 cm³/mol. The van der Waals surface area contributed by atoms with E-state index in [4.69, 9.17) is 8.37 Å². The predicted octanol–water partition coefficient (Wildman–Crippen LogP) is 10.8. The summed E-state index contributed by atoms with van der Waals surface area (Å²) >= 11 is 0. The van der Waals surface area contributed by atoms with Gasteiger partial charge in [0.1, 0.15) is 0 Å². The van der Waals surface area contributed by atoms with Gasteiger partial charge in [-0.25, -0.2) is 0 Å². The minimum Gasteiger partial charge on any atom is -0.306 e. The second-order valence-corrected chi connectivity index (χ2v) is 13.6. The Labute approximate surface area is 236 Å². The molecule has 3 unspecified atom stereocenters. The molecule has 0 spiro atoms. The van der Waals surface area contributed by atoms with Gasteiger partial charge in [0, 0.05) is 17.9 Å². The summed E-state index contributed by atoms with van der Waals surface area (Å²) in [6.45, 7) is 15.8. The molecule has 0 aromatic rings. The van der Waals surface area contributed by atoms with Crippen LogP contribution in [-0.2, 0) is 8.37 Å². The van der Waals surface area contributed by atoms with Crippen molar-refractivity contribution >= 4 is 10.6 Å². The molecule has 0 radical (unpaired) electrons. The summed E-state index contributed by atoms with van der Waals surface area (Å²) in [5.41, 5.74) is 0. The number of rotatable bonds is 21. The monoisotopic (exact) mass is 541 g/mol. The van der Waals surface area contributed by atoms with Crippen molar-refractivity contribution in [2.75, 3.05) is 31.6 Å². The fraction of sp³-hybridized carbons (Fsp3) is 0.879. The first-order valence-electron chi connectivity index (χ1n) is 16.1. The van der Waals surface area contributed by atoms with Crippen LogP contribution in [-0.4, -0.2) is 48.8 Å². The summed E-state index contributed by atoms with van der Waals surface area (Å²) in [6.07, 6.45) is 29.7. The average molecular weight is 542 g/mol. The maximum Gasteiger partial charge on any atom is 0.0850 e. The van der Waals surface area contributed by atoms with E-state index in [9.17, 15) is 0 Å². The zero-order valence-electron chi connectivity index (χ0n) is 26.3. The van der Waals surface area contributed by atoms with Gasteiger partial charge in [0.25, 0.3) is 0 Å². The third-order valence-corrected chi connectivity index (χ3v) is 10.1. The van der Waals surface area contributed by atoms with Gasteiger partial charge in [0.2, 0.25) is 0 Å². The molecule has 1 fully saturated rings. The van der Waals surface area contributed by atoms with Crippen molar-refractivity contribution in [1.82, 2.24) is 4.90 Å². The van der Waals surface area contributed by atoms with Gasteiger partial charge >= 0.3 is 0 Å². The molecule has 4 heteroatoms. The zero-order valence-corrected chi connectivity index (χ0v) is 27.1. The van der Waals surface area contributed by atoms with E-state index >= 15 is 0 Å². The van der Waals surface area contributed by atoms with E-state index in [0.29, 0.717) is 12.2 Å². The average Bonchev–Trinajstić information content (AvgIpc) is 2.92. The van der Waals surface area contributed by atoms with Crippen LogP contribution in [0.2, 0.25) is 0 Å². The maximum atomic E-state index is 6.79. The molecule has 0 amide bonds. The van der Waals surface area contributed by atoms with Crippen LogP contribution in [0.5, 0.6) is 0 Å². The first kappa shape index (κ1) is 36.7. The highest BCUT2D eigenvalue weighted by Crippen LogP contribution is 2.57. The normalized spacial score (nSPS) is 23.9. The second-order valence-electron chi connectivity index (χ2n) is 10.8. The Morgan fingerprint density at radius 3 is 1.76 bits per heavy atom. The van der Waals surface area contributed by atoms with E-state index in [-0.39, 0.29) is 0 Å². The maximum absolute atomic E-state index is 6.79. The first-order valence-corrected chi connectivity index (χ1v) is 18.0. The first-order chi connectivity index (χ1) is 18.0. The molecule has 0 aliphatic carbocycles. The Balaban J connectivity index is 0.00000300. The number of allylic oxidation sites excluding steroid dienone is 4.